The van der Waals surface area contributed by atoms with Crippen LogP contribution in [0.25, 0.3) is 0 Å². The molecule has 0 aliphatic rings. The summed E-state index contributed by atoms with van der Waals surface area (Å²) in [5.74, 6) is -0.0327. The maximum absolute atomic E-state index is 11.2. The molecule has 0 spiro atoms. The van der Waals surface area contributed by atoms with Crippen LogP contribution in [0.2, 0.25) is 0 Å². The van der Waals surface area contributed by atoms with Crippen LogP contribution < -0.4 is 0 Å². The Labute approximate surface area is 146 Å². The number of alkyl halides is 1. The molecule has 0 atom stereocenters. The van der Waals surface area contributed by atoms with Gasteiger partial charge in [-0.15, -0.1) is 0 Å². The van der Waals surface area contributed by atoms with Crippen LogP contribution >= 0.6 is 15.9 Å². The molecule has 0 radical (unpaired) electrons. The fraction of sp³-hybridized carbons (Fsp3) is 0.947. The molecule has 0 aromatic heterocycles. The van der Waals surface area contributed by atoms with E-state index in [1.807, 2.05) is 6.92 Å². The molecule has 0 aliphatic carbocycles. The van der Waals surface area contributed by atoms with Crippen molar-refractivity contribution in [2.75, 3.05) is 11.9 Å². The predicted octanol–water partition coefficient (Wildman–Crippen LogP) is 6.80. The molecule has 3 heteroatoms. The smallest absolute Gasteiger partial charge is 0.305 e. The van der Waals surface area contributed by atoms with Gasteiger partial charge < -0.3 is 4.74 Å². The van der Waals surface area contributed by atoms with Crippen molar-refractivity contribution in [2.24, 2.45) is 0 Å². The average Bonchev–Trinajstić information content (AvgIpc) is 2.51. The van der Waals surface area contributed by atoms with Crippen molar-refractivity contribution >= 4 is 21.9 Å². The summed E-state index contributed by atoms with van der Waals surface area (Å²) in [5, 5.41) is 1.16. The monoisotopic (exact) mass is 376 g/mol. The van der Waals surface area contributed by atoms with Gasteiger partial charge in [-0.1, -0.05) is 93.0 Å². The molecule has 0 saturated heterocycles. The topological polar surface area (TPSA) is 26.3 Å². The Balaban J connectivity index is 3.01. The van der Waals surface area contributed by atoms with Crippen molar-refractivity contribution in [3.8, 4) is 0 Å². The van der Waals surface area contributed by atoms with Gasteiger partial charge in [0.25, 0.3) is 0 Å². The first-order valence-corrected chi connectivity index (χ1v) is 10.6. The number of ether oxygens (including phenoxy) is 1. The van der Waals surface area contributed by atoms with Gasteiger partial charge >= 0.3 is 5.97 Å². The summed E-state index contributed by atoms with van der Waals surface area (Å²) >= 11 is 3.48. The highest BCUT2D eigenvalue weighted by Gasteiger charge is 2.00. The van der Waals surface area contributed by atoms with Crippen LogP contribution in [0.3, 0.4) is 0 Å². The SMILES string of the molecule is CCOC(=O)CCCCCCCCCCCCCCCCBr. The highest BCUT2D eigenvalue weighted by atomic mass is 79.9. The van der Waals surface area contributed by atoms with Gasteiger partial charge in [-0.05, 0) is 19.8 Å². The molecule has 0 N–H and O–H groups in total. The van der Waals surface area contributed by atoms with Gasteiger partial charge in [-0.25, -0.2) is 0 Å². The molecule has 0 rings (SSSR count). The molecule has 0 bridgehead atoms. The molecule has 2 nitrogen and oxygen atoms in total. The fourth-order valence-electron chi connectivity index (χ4n) is 2.72. The lowest BCUT2D eigenvalue weighted by Gasteiger charge is -2.03. The van der Waals surface area contributed by atoms with Gasteiger partial charge in [0.2, 0.25) is 0 Å². The summed E-state index contributed by atoms with van der Waals surface area (Å²) in [5.41, 5.74) is 0. The lowest BCUT2D eigenvalue weighted by atomic mass is 10.0. The van der Waals surface area contributed by atoms with E-state index < -0.39 is 0 Å². The van der Waals surface area contributed by atoms with Crippen molar-refractivity contribution in [2.45, 2.75) is 103 Å². The molecule has 0 unspecified atom stereocenters. The number of rotatable bonds is 17. The van der Waals surface area contributed by atoms with Crippen molar-refractivity contribution in [1.29, 1.82) is 0 Å². The first kappa shape index (κ1) is 21.9. The minimum atomic E-state index is -0.0327. The predicted molar refractivity (Wildman–Crippen MR) is 99.7 cm³/mol. The van der Waals surface area contributed by atoms with E-state index in [1.54, 1.807) is 0 Å². The summed E-state index contributed by atoms with van der Waals surface area (Å²) in [4.78, 5) is 11.2. The highest BCUT2D eigenvalue weighted by molar-refractivity contribution is 9.09. The number of carbonyl (C=O) groups is 1. The van der Waals surface area contributed by atoms with Gasteiger partial charge in [-0.3, -0.25) is 4.79 Å². The molecule has 0 saturated carbocycles. The maximum Gasteiger partial charge on any atom is 0.305 e. The van der Waals surface area contributed by atoms with E-state index in [0.717, 1.165) is 11.8 Å². The van der Waals surface area contributed by atoms with Crippen molar-refractivity contribution < 1.29 is 9.53 Å². The quantitative estimate of drug-likeness (QED) is 0.158. The van der Waals surface area contributed by atoms with E-state index in [2.05, 4.69) is 15.9 Å². The zero-order chi connectivity index (χ0) is 16.3. The molecule has 0 aromatic rings. The summed E-state index contributed by atoms with van der Waals surface area (Å²) in [6.07, 6.45) is 19.4. The normalized spacial score (nSPS) is 10.8. The zero-order valence-corrected chi connectivity index (χ0v) is 16.3. The Morgan fingerprint density at radius 2 is 1.05 bits per heavy atom. The van der Waals surface area contributed by atoms with Gasteiger partial charge in [0.05, 0.1) is 6.61 Å². The van der Waals surface area contributed by atoms with Crippen LogP contribution in [0.15, 0.2) is 0 Å². The number of halogens is 1. The Morgan fingerprint density at radius 1 is 0.682 bits per heavy atom. The van der Waals surface area contributed by atoms with Crippen LogP contribution in [-0.4, -0.2) is 17.9 Å². The van der Waals surface area contributed by atoms with Crippen molar-refractivity contribution in [3.05, 3.63) is 0 Å². The van der Waals surface area contributed by atoms with Gasteiger partial charge in [-0.2, -0.15) is 0 Å². The lowest BCUT2D eigenvalue weighted by molar-refractivity contribution is -0.143. The molecule has 22 heavy (non-hydrogen) atoms. The van der Waals surface area contributed by atoms with E-state index in [-0.39, 0.29) is 5.97 Å². The molecule has 0 heterocycles. The summed E-state index contributed by atoms with van der Waals surface area (Å²) in [6.45, 7) is 2.37. The minimum absolute atomic E-state index is 0.0327. The molecule has 0 aromatic carbocycles. The summed E-state index contributed by atoms with van der Waals surface area (Å²) in [7, 11) is 0. The van der Waals surface area contributed by atoms with E-state index in [0.29, 0.717) is 13.0 Å². The standard InChI is InChI=1S/C19H37BrO2/c1-2-22-19(21)17-15-13-11-9-7-5-3-4-6-8-10-12-14-16-18-20/h2-18H2,1H3. The number of esters is 1. The molecule has 0 amide bonds. The Bertz CT molecular complexity index is 231. The summed E-state index contributed by atoms with van der Waals surface area (Å²) in [6, 6.07) is 0. The second kappa shape index (κ2) is 19.0. The number of hydrogen-bond donors (Lipinski definition) is 0. The zero-order valence-electron chi connectivity index (χ0n) is 14.7. The number of carbonyl (C=O) groups excluding carboxylic acids is 1. The van der Waals surface area contributed by atoms with Crippen LogP contribution in [0.5, 0.6) is 0 Å². The molecule has 0 aliphatic heterocycles. The van der Waals surface area contributed by atoms with Crippen molar-refractivity contribution in [1.82, 2.24) is 0 Å². The van der Waals surface area contributed by atoms with Gasteiger partial charge in [0.1, 0.15) is 0 Å². The maximum atomic E-state index is 11.2. The van der Waals surface area contributed by atoms with Gasteiger partial charge in [0.15, 0.2) is 0 Å². The Morgan fingerprint density at radius 3 is 1.41 bits per heavy atom. The number of unbranched alkanes of at least 4 members (excludes halogenated alkanes) is 13. The molecular formula is C19H37BrO2. The van der Waals surface area contributed by atoms with Crippen LogP contribution in [0.1, 0.15) is 103 Å². The Hall–Kier alpha value is -0.0500. The van der Waals surface area contributed by atoms with E-state index in [9.17, 15) is 4.79 Å². The van der Waals surface area contributed by atoms with Gasteiger partial charge in [0, 0.05) is 11.8 Å². The van der Waals surface area contributed by atoms with Crippen LogP contribution in [-0.2, 0) is 9.53 Å². The average molecular weight is 377 g/mol. The summed E-state index contributed by atoms with van der Waals surface area (Å²) < 4.78 is 4.92. The first-order chi connectivity index (χ1) is 10.8. The van der Waals surface area contributed by atoms with E-state index in [4.69, 9.17) is 4.74 Å². The van der Waals surface area contributed by atoms with Crippen LogP contribution in [0, 0.1) is 0 Å². The third-order valence-corrected chi connectivity index (χ3v) is 4.63. The lowest BCUT2D eigenvalue weighted by Crippen LogP contribution is -2.03. The molecule has 132 valence electrons. The first-order valence-electron chi connectivity index (χ1n) is 9.52. The third kappa shape index (κ3) is 18.0. The second-order valence-corrected chi connectivity index (χ2v) is 6.99. The molecular weight excluding hydrogens is 340 g/mol. The van der Waals surface area contributed by atoms with E-state index in [1.165, 1.54) is 83.5 Å². The van der Waals surface area contributed by atoms with Crippen molar-refractivity contribution in [3.63, 3.8) is 0 Å². The highest BCUT2D eigenvalue weighted by Crippen LogP contribution is 2.13. The van der Waals surface area contributed by atoms with E-state index >= 15 is 0 Å². The fourth-order valence-corrected chi connectivity index (χ4v) is 3.11. The Kier molecular flexibility index (Phi) is 19.0. The third-order valence-electron chi connectivity index (χ3n) is 4.07. The number of hydrogen-bond acceptors (Lipinski definition) is 2. The van der Waals surface area contributed by atoms with Crippen LogP contribution in [0.4, 0.5) is 0 Å². The largest absolute Gasteiger partial charge is 0.466 e. The second-order valence-electron chi connectivity index (χ2n) is 6.19. The molecule has 0 fully saturated rings. The minimum Gasteiger partial charge on any atom is -0.466 e.